The zero-order valence-electron chi connectivity index (χ0n) is 11.3. The maximum absolute atomic E-state index is 11.2. The van der Waals surface area contributed by atoms with E-state index in [1.807, 2.05) is 6.92 Å². The van der Waals surface area contributed by atoms with Crippen LogP contribution >= 0.6 is 0 Å². The molecule has 0 spiro atoms. The monoisotopic (exact) mass is 243 g/mol. The van der Waals surface area contributed by atoms with Gasteiger partial charge in [0.25, 0.3) is 0 Å². The Kier molecular flexibility index (Phi) is 4.55. The number of nitrogens with two attached hydrogens (primary N) is 1. The predicted octanol–water partition coefficient (Wildman–Crippen LogP) is 1.66. The molecule has 1 aliphatic rings. The third kappa shape index (κ3) is 3.42. The fourth-order valence-corrected chi connectivity index (χ4v) is 2.56. The number of aliphatic hydroxyl groups is 1. The summed E-state index contributed by atoms with van der Waals surface area (Å²) in [6.07, 6.45) is 2.42. The summed E-state index contributed by atoms with van der Waals surface area (Å²) in [7, 11) is 0. The number of primary amides is 1. The lowest BCUT2D eigenvalue weighted by molar-refractivity contribution is -0.283. The first kappa shape index (κ1) is 14.5. The van der Waals surface area contributed by atoms with Crippen LogP contribution in [0.15, 0.2) is 0 Å². The van der Waals surface area contributed by atoms with Gasteiger partial charge in [0.15, 0.2) is 5.79 Å². The number of amides is 1. The molecule has 1 fully saturated rings. The molecule has 0 radical (unpaired) electrons. The van der Waals surface area contributed by atoms with Crippen molar-refractivity contribution in [3.8, 4) is 0 Å². The summed E-state index contributed by atoms with van der Waals surface area (Å²) in [5.74, 6) is -1.48. The molecule has 0 bridgehead atoms. The summed E-state index contributed by atoms with van der Waals surface area (Å²) < 4.78 is 5.67. The lowest BCUT2D eigenvalue weighted by atomic mass is 9.81. The van der Waals surface area contributed by atoms with Crippen LogP contribution in [0.3, 0.4) is 0 Å². The minimum absolute atomic E-state index is 0.0297. The molecule has 1 amide bonds. The van der Waals surface area contributed by atoms with E-state index in [0.29, 0.717) is 18.3 Å². The number of hydrogen-bond donors (Lipinski definition) is 2. The van der Waals surface area contributed by atoms with Gasteiger partial charge >= 0.3 is 0 Å². The van der Waals surface area contributed by atoms with Crippen LogP contribution < -0.4 is 5.73 Å². The Balaban J connectivity index is 2.65. The molecule has 4 atom stereocenters. The van der Waals surface area contributed by atoms with E-state index in [-0.39, 0.29) is 6.10 Å². The molecule has 1 aliphatic heterocycles. The van der Waals surface area contributed by atoms with Gasteiger partial charge < -0.3 is 15.6 Å². The topological polar surface area (TPSA) is 72.5 Å². The summed E-state index contributed by atoms with van der Waals surface area (Å²) in [6.45, 7) is 7.95. The van der Waals surface area contributed by atoms with Crippen LogP contribution in [-0.2, 0) is 9.53 Å². The maximum atomic E-state index is 11.2. The zero-order chi connectivity index (χ0) is 13.2. The normalized spacial score (nSPS) is 35.9. The van der Waals surface area contributed by atoms with Gasteiger partial charge in [-0.2, -0.15) is 0 Å². The highest BCUT2D eigenvalue weighted by Crippen LogP contribution is 2.38. The van der Waals surface area contributed by atoms with Crippen LogP contribution in [0.25, 0.3) is 0 Å². The standard InChI is InChI=1S/C13H25NO3/c1-8(2)7-11-5-6-13(16,17-10(11)4)9(3)12(14)15/h8-11,16H,5-7H2,1-4H3,(H2,14,15). The molecule has 0 aromatic heterocycles. The van der Waals surface area contributed by atoms with Gasteiger partial charge in [-0.3, -0.25) is 4.79 Å². The smallest absolute Gasteiger partial charge is 0.225 e. The summed E-state index contributed by atoms with van der Waals surface area (Å²) in [4.78, 5) is 11.2. The minimum atomic E-state index is -1.38. The van der Waals surface area contributed by atoms with Crippen molar-refractivity contribution in [2.24, 2.45) is 23.5 Å². The third-order valence-corrected chi connectivity index (χ3v) is 3.80. The second kappa shape index (κ2) is 5.36. The molecule has 0 aliphatic carbocycles. The van der Waals surface area contributed by atoms with E-state index in [0.717, 1.165) is 12.8 Å². The Bertz CT molecular complexity index is 280. The van der Waals surface area contributed by atoms with E-state index in [2.05, 4.69) is 13.8 Å². The molecular formula is C13H25NO3. The molecule has 0 aromatic rings. The average molecular weight is 243 g/mol. The van der Waals surface area contributed by atoms with Crippen molar-refractivity contribution >= 4 is 5.91 Å². The number of hydrogen-bond acceptors (Lipinski definition) is 3. The van der Waals surface area contributed by atoms with Crippen molar-refractivity contribution in [2.75, 3.05) is 0 Å². The van der Waals surface area contributed by atoms with Crippen LogP contribution in [0.4, 0.5) is 0 Å². The highest BCUT2D eigenvalue weighted by molar-refractivity contribution is 5.77. The van der Waals surface area contributed by atoms with Crippen molar-refractivity contribution in [1.82, 2.24) is 0 Å². The van der Waals surface area contributed by atoms with E-state index in [1.165, 1.54) is 0 Å². The third-order valence-electron chi connectivity index (χ3n) is 3.80. The van der Waals surface area contributed by atoms with Gasteiger partial charge in [-0.15, -0.1) is 0 Å². The molecule has 1 heterocycles. The second-order valence-corrected chi connectivity index (χ2v) is 5.72. The SMILES string of the molecule is CC(C)CC1CCC(O)(C(C)C(N)=O)OC1C. The molecule has 100 valence electrons. The molecule has 4 nitrogen and oxygen atoms in total. The number of rotatable bonds is 4. The molecule has 4 unspecified atom stereocenters. The summed E-state index contributed by atoms with van der Waals surface area (Å²) in [5, 5.41) is 10.3. The first-order chi connectivity index (χ1) is 7.76. The Morgan fingerprint density at radius 3 is 2.53 bits per heavy atom. The number of ether oxygens (including phenoxy) is 1. The minimum Gasteiger partial charge on any atom is -0.369 e. The molecule has 1 saturated heterocycles. The molecule has 0 aromatic carbocycles. The fraction of sp³-hybridized carbons (Fsp3) is 0.923. The molecule has 0 saturated carbocycles. The van der Waals surface area contributed by atoms with E-state index >= 15 is 0 Å². The Morgan fingerprint density at radius 1 is 1.53 bits per heavy atom. The summed E-state index contributed by atoms with van der Waals surface area (Å²) in [6, 6.07) is 0. The van der Waals surface area contributed by atoms with Crippen molar-refractivity contribution < 1.29 is 14.6 Å². The van der Waals surface area contributed by atoms with Crippen LogP contribution in [0.2, 0.25) is 0 Å². The highest BCUT2D eigenvalue weighted by atomic mass is 16.6. The second-order valence-electron chi connectivity index (χ2n) is 5.72. The van der Waals surface area contributed by atoms with Gasteiger partial charge in [0.05, 0.1) is 12.0 Å². The van der Waals surface area contributed by atoms with Gasteiger partial charge in [0, 0.05) is 6.42 Å². The lowest BCUT2D eigenvalue weighted by Crippen LogP contribution is -2.52. The summed E-state index contributed by atoms with van der Waals surface area (Å²) in [5.41, 5.74) is 5.23. The maximum Gasteiger partial charge on any atom is 0.225 e. The van der Waals surface area contributed by atoms with Crippen molar-refractivity contribution in [3.05, 3.63) is 0 Å². The molecular weight excluding hydrogens is 218 g/mol. The molecule has 3 N–H and O–H groups in total. The van der Waals surface area contributed by atoms with Gasteiger partial charge in [-0.05, 0) is 38.5 Å². The van der Waals surface area contributed by atoms with Gasteiger partial charge in [0.2, 0.25) is 5.91 Å². The Labute approximate surface area is 104 Å². The Hall–Kier alpha value is -0.610. The van der Waals surface area contributed by atoms with E-state index < -0.39 is 17.6 Å². The molecule has 4 heteroatoms. The van der Waals surface area contributed by atoms with Crippen LogP contribution in [0, 0.1) is 17.8 Å². The molecule has 17 heavy (non-hydrogen) atoms. The van der Waals surface area contributed by atoms with Crippen LogP contribution in [0.5, 0.6) is 0 Å². The van der Waals surface area contributed by atoms with Crippen LogP contribution in [-0.4, -0.2) is 22.9 Å². The van der Waals surface area contributed by atoms with E-state index in [1.54, 1.807) is 6.92 Å². The number of carbonyl (C=O) groups excluding carboxylic acids is 1. The van der Waals surface area contributed by atoms with E-state index in [4.69, 9.17) is 10.5 Å². The van der Waals surface area contributed by atoms with Gasteiger partial charge in [-0.25, -0.2) is 0 Å². The lowest BCUT2D eigenvalue weighted by Gasteiger charge is -2.43. The van der Waals surface area contributed by atoms with Crippen molar-refractivity contribution in [1.29, 1.82) is 0 Å². The van der Waals surface area contributed by atoms with Gasteiger partial charge in [0.1, 0.15) is 0 Å². The van der Waals surface area contributed by atoms with Crippen molar-refractivity contribution in [3.63, 3.8) is 0 Å². The first-order valence-electron chi connectivity index (χ1n) is 6.45. The molecule has 1 rings (SSSR count). The van der Waals surface area contributed by atoms with Crippen LogP contribution in [0.1, 0.15) is 47.0 Å². The van der Waals surface area contributed by atoms with Crippen molar-refractivity contribution in [2.45, 2.75) is 58.8 Å². The highest BCUT2D eigenvalue weighted by Gasteiger charge is 2.44. The first-order valence-corrected chi connectivity index (χ1v) is 6.45. The van der Waals surface area contributed by atoms with E-state index in [9.17, 15) is 9.90 Å². The largest absolute Gasteiger partial charge is 0.369 e. The zero-order valence-corrected chi connectivity index (χ0v) is 11.3. The fourth-order valence-electron chi connectivity index (χ4n) is 2.56. The predicted molar refractivity (Wildman–Crippen MR) is 66.0 cm³/mol. The number of carbonyl (C=O) groups is 1. The average Bonchev–Trinajstić information content (AvgIpc) is 2.21. The Morgan fingerprint density at radius 2 is 2.12 bits per heavy atom. The quantitative estimate of drug-likeness (QED) is 0.788. The van der Waals surface area contributed by atoms with Gasteiger partial charge in [-0.1, -0.05) is 13.8 Å². The summed E-state index contributed by atoms with van der Waals surface area (Å²) >= 11 is 0.